The Labute approximate surface area is 189 Å². The van der Waals surface area contributed by atoms with Crippen molar-refractivity contribution >= 4 is 39.8 Å². The SMILES string of the molecule is N=C1C(=Cc2ccc(-c3cccc(C(F)(F)F)c3)o2)C(=O)N=C2SC(c3ccccc3)=NN12. The molecule has 2 aromatic carbocycles. The molecule has 1 N–H and O–H groups in total. The molecule has 1 aromatic heterocycles. The number of nitrogens with zero attached hydrogens (tertiary/aromatic N) is 3. The van der Waals surface area contributed by atoms with Crippen LogP contribution in [0.4, 0.5) is 13.2 Å². The second kappa shape index (κ2) is 7.89. The average molecular weight is 466 g/mol. The van der Waals surface area contributed by atoms with Gasteiger partial charge in [0.1, 0.15) is 16.6 Å². The maximum Gasteiger partial charge on any atom is 0.416 e. The average Bonchev–Trinajstić information content (AvgIpc) is 3.44. The van der Waals surface area contributed by atoms with E-state index in [0.717, 1.165) is 17.7 Å². The highest BCUT2D eigenvalue weighted by Gasteiger charge is 2.36. The predicted molar refractivity (Wildman–Crippen MR) is 120 cm³/mol. The van der Waals surface area contributed by atoms with Gasteiger partial charge in [0.15, 0.2) is 5.84 Å². The number of aliphatic imine (C=N–C) groups is 1. The van der Waals surface area contributed by atoms with Gasteiger partial charge in [0.25, 0.3) is 5.91 Å². The summed E-state index contributed by atoms with van der Waals surface area (Å²) in [7, 11) is 0. The molecule has 0 aliphatic carbocycles. The number of thioether (sulfide) groups is 1. The Kier molecular flexibility index (Phi) is 5.01. The molecular weight excluding hydrogens is 453 g/mol. The van der Waals surface area contributed by atoms with Gasteiger partial charge in [0.2, 0.25) is 5.17 Å². The van der Waals surface area contributed by atoms with Crippen LogP contribution in [0.5, 0.6) is 0 Å². The van der Waals surface area contributed by atoms with Crippen molar-refractivity contribution in [3.05, 3.63) is 89.2 Å². The highest BCUT2D eigenvalue weighted by atomic mass is 32.2. The zero-order chi connectivity index (χ0) is 23.2. The lowest BCUT2D eigenvalue weighted by atomic mass is 10.1. The Morgan fingerprint density at radius 3 is 2.52 bits per heavy atom. The van der Waals surface area contributed by atoms with Crippen molar-refractivity contribution < 1.29 is 22.4 Å². The molecule has 0 fully saturated rings. The molecule has 0 saturated carbocycles. The van der Waals surface area contributed by atoms with E-state index < -0.39 is 17.6 Å². The zero-order valence-electron chi connectivity index (χ0n) is 16.6. The quantitative estimate of drug-likeness (QED) is 0.507. The topological polar surface area (TPSA) is 82.0 Å². The van der Waals surface area contributed by atoms with Crippen molar-refractivity contribution in [3.63, 3.8) is 0 Å². The van der Waals surface area contributed by atoms with E-state index in [1.54, 1.807) is 0 Å². The molecule has 0 saturated heterocycles. The summed E-state index contributed by atoms with van der Waals surface area (Å²) in [5.74, 6) is -0.387. The molecule has 3 heterocycles. The van der Waals surface area contributed by atoms with Crippen LogP contribution in [0.1, 0.15) is 16.9 Å². The van der Waals surface area contributed by atoms with Gasteiger partial charge in [-0.15, -0.1) is 0 Å². The molecule has 0 spiro atoms. The number of hydrazone groups is 1. The molecule has 5 rings (SSSR count). The number of carbonyl (C=O) groups excluding carboxylic acids is 1. The van der Waals surface area contributed by atoms with Crippen LogP contribution in [0.3, 0.4) is 0 Å². The first kappa shape index (κ1) is 21.0. The van der Waals surface area contributed by atoms with Crippen LogP contribution >= 0.6 is 11.8 Å². The van der Waals surface area contributed by atoms with Crippen molar-refractivity contribution in [2.45, 2.75) is 6.18 Å². The largest absolute Gasteiger partial charge is 0.457 e. The number of benzene rings is 2. The molecule has 1 amide bonds. The first-order chi connectivity index (χ1) is 15.8. The summed E-state index contributed by atoms with van der Waals surface area (Å²) in [4.78, 5) is 16.6. The number of nitrogens with one attached hydrogen (secondary N) is 1. The number of fused-ring (bicyclic) bond motifs is 1. The smallest absolute Gasteiger partial charge is 0.416 e. The number of rotatable bonds is 3. The van der Waals surface area contributed by atoms with Crippen LogP contribution in [0.15, 0.2) is 86.8 Å². The number of carbonyl (C=O) groups is 1. The van der Waals surface area contributed by atoms with E-state index in [-0.39, 0.29) is 33.7 Å². The second-order valence-corrected chi connectivity index (χ2v) is 8.03. The molecule has 3 aromatic rings. The van der Waals surface area contributed by atoms with Gasteiger partial charge in [0, 0.05) is 11.1 Å². The molecule has 0 bridgehead atoms. The zero-order valence-corrected chi connectivity index (χ0v) is 17.4. The van der Waals surface area contributed by atoms with Crippen LogP contribution in [-0.2, 0) is 11.0 Å². The van der Waals surface area contributed by atoms with E-state index in [4.69, 9.17) is 9.83 Å². The summed E-state index contributed by atoms with van der Waals surface area (Å²) >= 11 is 1.19. The lowest BCUT2D eigenvalue weighted by Gasteiger charge is -2.19. The van der Waals surface area contributed by atoms with Crippen molar-refractivity contribution in [2.75, 3.05) is 0 Å². The minimum Gasteiger partial charge on any atom is -0.457 e. The van der Waals surface area contributed by atoms with Gasteiger partial charge >= 0.3 is 6.18 Å². The van der Waals surface area contributed by atoms with E-state index in [1.807, 2.05) is 30.3 Å². The van der Waals surface area contributed by atoms with Crippen molar-refractivity contribution in [2.24, 2.45) is 10.1 Å². The number of hydrogen-bond acceptors (Lipinski definition) is 5. The highest BCUT2D eigenvalue weighted by molar-refractivity contribution is 8.27. The monoisotopic (exact) mass is 466 g/mol. The van der Waals surface area contributed by atoms with Gasteiger partial charge in [-0.1, -0.05) is 42.5 Å². The van der Waals surface area contributed by atoms with Crippen LogP contribution < -0.4 is 0 Å². The molecule has 33 heavy (non-hydrogen) atoms. The van der Waals surface area contributed by atoms with E-state index in [1.165, 1.54) is 47.1 Å². The third-order valence-corrected chi connectivity index (χ3v) is 5.82. The van der Waals surface area contributed by atoms with Gasteiger partial charge in [-0.3, -0.25) is 10.2 Å². The van der Waals surface area contributed by atoms with E-state index in [9.17, 15) is 18.0 Å². The van der Waals surface area contributed by atoms with Crippen molar-refractivity contribution in [3.8, 4) is 11.3 Å². The fourth-order valence-electron chi connectivity index (χ4n) is 3.27. The Balaban J connectivity index is 1.43. The van der Waals surface area contributed by atoms with Gasteiger partial charge in [0.05, 0.1) is 11.1 Å². The van der Waals surface area contributed by atoms with Crippen molar-refractivity contribution in [1.82, 2.24) is 5.01 Å². The highest BCUT2D eigenvalue weighted by Crippen LogP contribution is 2.34. The normalized spacial score (nSPS) is 17.3. The van der Waals surface area contributed by atoms with Gasteiger partial charge in [-0.25, -0.2) is 0 Å². The Morgan fingerprint density at radius 1 is 1.00 bits per heavy atom. The van der Waals surface area contributed by atoms with Gasteiger partial charge < -0.3 is 4.42 Å². The number of hydrogen-bond donors (Lipinski definition) is 1. The fraction of sp³-hybridized carbons (Fsp3) is 0.0435. The molecule has 10 heteroatoms. The van der Waals surface area contributed by atoms with Crippen LogP contribution in [0.25, 0.3) is 17.4 Å². The summed E-state index contributed by atoms with van der Waals surface area (Å²) in [6, 6.07) is 17.1. The summed E-state index contributed by atoms with van der Waals surface area (Å²) < 4.78 is 44.6. The minimum absolute atomic E-state index is 0.0395. The Bertz CT molecular complexity index is 1370. The van der Waals surface area contributed by atoms with E-state index in [2.05, 4.69) is 10.1 Å². The number of halogens is 3. The third-order valence-electron chi connectivity index (χ3n) is 4.86. The summed E-state index contributed by atoms with van der Waals surface area (Å²) in [5, 5.41) is 15.0. The first-order valence-electron chi connectivity index (χ1n) is 9.63. The van der Waals surface area contributed by atoms with Crippen LogP contribution in [0.2, 0.25) is 0 Å². The summed E-state index contributed by atoms with van der Waals surface area (Å²) in [6.45, 7) is 0. The molecule has 0 unspecified atom stereocenters. The summed E-state index contributed by atoms with van der Waals surface area (Å²) in [5.41, 5.74) is 0.249. The Hall–Kier alpha value is -3.92. The molecule has 164 valence electrons. The molecular formula is C23H13F3N4O2S. The Morgan fingerprint density at radius 2 is 1.76 bits per heavy atom. The molecule has 0 radical (unpaired) electrons. The minimum atomic E-state index is -4.47. The van der Waals surface area contributed by atoms with Crippen molar-refractivity contribution in [1.29, 1.82) is 5.41 Å². The predicted octanol–water partition coefficient (Wildman–Crippen LogP) is 5.63. The first-order valence-corrected chi connectivity index (χ1v) is 10.4. The standard InChI is InChI=1S/C23H13F3N4O2S/c24-23(25,26)15-8-4-7-14(11-15)18-10-9-16(32-18)12-17-19(27)30-22(28-20(17)31)33-21(29-30)13-5-2-1-3-6-13/h1-12,27H. The van der Waals surface area contributed by atoms with E-state index in [0.29, 0.717) is 5.04 Å². The molecule has 6 nitrogen and oxygen atoms in total. The van der Waals surface area contributed by atoms with Gasteiger partial charge in [-0.2, -0.15) is 28.3 Å². The maximum absolute atomic E-state index is 13.0. The summed E-state index contributed by atoms with van der Waals surface area (Å²) in [6.07, 6.45) is -3.14. The molecule has 2 aliphatic rings. The fourth-order valence-corrected chi connectivity index (χ4v) is 4.16. The third kappa shape index (κ3) is 4.00. The van der Waals surface area contributed by atoms with Gasteiger partial charge in [-0.05, 0) is 42.1 Å². The van der Waals surface area contributed by atoms with E-state index >= 15 is 0 Å². The lowest BCUT2D eigenvalue weighted by Crippen LogP contribution is -2.35. The molecule has 0 atom stereocenters. The number of amides is 1. The number of furan rings is 1. The lowest BCUT2D eigenvalue weighted by molar-refractivity contribution is -0.137. The number of alkyl halides is 3. The number of amidine groups is 2. The molecule has 2 aliphatic heterocycles. The maximum atomic E-state index is 13.0. The second-order valence-electron chi connectivity index (χ2n) is 7.07. The van der Waals surface area contributed by atoms with Crippen LogP contribution in [0, 0.1) is 5.41 Å². The van der Waals surface area contributed by atoms with Crippen LogP contribution in [-0.4, -0.2) is 27.0 Å².